The number of ketones is 1. The van der Waals surface area contributed by atoms with E-state index in [1.165, 1.54) is 12.7 Å². The number of rotatable bonds is 10. The number of carbonyl (C=O) groups is 2. The number of anilines is 4. The lowest BCUT2D eigenvalue weighted by atomic mass is 10.1. The van der Waals surface area contributed by atoms with E-state index in [1.54, 1.807) is 18.6 Å². The molecule has 0 aliphatic carbocycles. The van der Waals surface area contributed by atoms with E-state index in [-0.39, 0.29) is 11.5 Å². The van der Waals surface area contributed by atoms with Gasteiger partial charge < -0.3 is 30.6 Å². The second kappa shape index (κ2) is 14.4. The third-order valence-corrected chi connectivity index (χ3v) is 9.62. The molecule has 0 atom stereocenters. The number of fused-ring (bicyclic) bond motifs is 4. The highest BCUT2D eigenvalue weighted by Gasteiger charge is 2.21. The summed E-state index contributed by atoms with van der Waals surface area (Å²) in [5.74, 6) is 0.0729. The minimum atomic E-state index is -1.07. The molecule has 258 valence electrons. The minimum absolute atomic E-state index is 0.0303. The van der Waals surface area contributed by atoms with Crippen LogP contribution < -0.4 is 10.6 Å². The Labute approximate surface area is 306 Å². The van der Waals surface area contributed by atoms with Crippen LogP contribution in [-0.4, -0.2) is 94.7 Å². The van der Waals surface area contributed by atoms with Crippen molar-refractivity contribution in [3.05, 3.63) is 80.0 Å². The number of nitrogens with zero attached hydrogens (tertiary/aromatic N) is 9. The van der Waals surface area contributed by atoms with Crippen LogP contribution >= 0.6 is 31.9 Å². The Hall–Kier alpha value is -5.46. The van der Waals surface area contributed by atoms with E-state index in [4.69, 9.17) is 0 Å². The van der Waals surface area contributed by atoms with E-state index in [1.807, 2.05) is 32.4 Å². The fraction of sp³-hybridized carbons (Fsp3) is 0.212. The number of aromatic carboxylic acids is 1. The third-order valence-electron chi connectivity index (χ3n) is 8.04. The van der Waals surface area contributed by atoms with Gasteiger partial charge in [-0.1, -0.05) is 0 Å². The maximum atomic E-state index is 12.6. The van der Waals surface area contributed by atoms with Crippen LogP contribution in [0.5, 0.6) is 0 Å². The molecular formula is C33H29Br2N13O3. The number of aromatic nitrogens is 8. The first-order valence-electron chi connectivity index (χ1n) is 15.6. The van der Waals surface area contributed by atoms with Crippen LogP contribution in [0.3, 0.4) is 0 Å². The fourth-order valence-electron chi connectivity index (χ4n) is 5.56. The number of hydrogen-bond acceptors (Lipinski definition) is 13. The molecule has 0 radical (unpaired) electrons. The molecule has 0 saturated carbocycles. The van der Waals surface area contributed by atoms with Crippen molar-refractivity contribution in [1.29, 1.82) is 0 Å². The van der Waals surface area contributed by atoms with Gasteiger partial charge in [0.15, 0.2) is 5.78 Å². The van der Waals surface area contributed by atoms with E-state index >= 15 is 0 Å². The van der Waals surface area contributed by atoms with Gasteiger partial charge in [-0.05, 0) is 71.1 Å². The third kappa shape index (κ3) is 7.10. The molecule has 0 unspecified atom stereocenters. The number of aromatic amines is 2. The van der Waals surface area contributed by atoms with Gasteiger partial charge in [0, 0.05) is 30.0 Å². The fourth-order valence-corrected chi connectivity index (χ4v) is 6.90. The van der Waals surface area contributed by atoms with E-state index in [0.717, 1.165) is 52.2 Å². The quantitative estimate of drug-likeness (QED) is 0.104. The second-order valence-corrected chi connectivity index (χ2v) is 13.5. The molecule has 8 rings (SSSR count). The van der Waals surface area contributed by atoms with Crippen molar-refractivity contribution in [3.8, 4) is 0 Å². The Morgan fingerprint density at radius 2 is 1.29 bits per heavy atom. The van der Waals surface area contributed by atoms with Gasteiger partial charge in [-0.15, -0.1) is 0 Å². The summed E-state index contributed by atoms with van der Waals surface area (Å²) in [4.78, 5) is 65.9. The van der Waals surface area contributed by atoms with Crippen molar-refractivity contribution >= 4 is 101 Å². The van der Waals surface area contributed by atoms with Crippen LogP contribution in [-0.2, 0) is 13.1 Å². The highest BCUT2D eigenvalue weighted by atomic mass is 79.9. The van der Waals surface area contributed by atoms with E-state index in [2.05, 4.69) is 97.3 Å². The topological polar surface area (TPSA) is 215 Å². The van der Waals surface area contributed by atoms with Gasteiger partial charge in [-0.2, -0.15) is 0 Å². The maximum absolute atomic E-state index is 12.6. The van der Waals surface area contributed by atoms with Crippen molar-refractivity contribution in [1.82, 2.24) is 44.8 Å². The molecular weight excluding hydrogens is 786 g/mol. The number of H-pyrrole nitrogens is 2. The highest BCUT2D eigenvalue weighted by Crippen LogP contribution is 2.35. The van der Waals surface area contributed by atoms with Crippen molar-refractivity contribution in [2.75, 3.05) is 31.3 Å². The van der Waals surface area contributed by atoms with Gasteiger partial charge >= 0.3 is 5.97 Å². The number of carbonyl (C=O) groups excluding carboxylic acids is 1. The molecule has 51 heavy (non-hydrogen) atoms. The van der Waals surface area contributed by atoms with E-state index in [9.17, 15) is 14.7 Å². The van der Waals surface area contributed by atoms with Gasteiger partial charge in [0.2, 0.25) is 0 Å². The zero-order valence-corrected chi connectivity index (χ0v) is 30.4. The average Bonchev–Trinajstić information content (AvgIpc) is 3.91. The van der Waals surface area contributed by atoms with Crippen molar-refractivity contribution in [2.24, 2.45) is 9.98 Å². The number of aliphatic imine (C=N–C) groups is 2. The SMILES string of the molecule is CN(C)CCCC(=O)c1[nH]c2ncnc(Nc3cnc4c(c3)C=NC4)c2c1Br.O=C(O)c1[nH]c2ncnc(Nc3cnc4c(c3)C=NC4)c2c1Br. The first kappa shape index (κ1) is 34.0. The number of carboxylic acid groups (broad SMARTS) is 1. The predicted octanol–water partition coefficient (Wildman–Crippen LogP) is 5.81. The number of pyridine rings is 2. The molecule has 2 aliphatic heterocycles. The molecule has 0 spiro atoms. The smallest absolute Gasteiger partial charge is 0.353 e. The molecule has 0 saturated heterocycles. The van der Waals surface area contributed by atoms with Crippen LogP contribution in [0.15, 0.2) is 56.1 Å². The molecule has 8 heterocycles. The Kier molecular flexibility index (Phi) is 9.61. The van der Waals surface area contributed by atoms with Crippen LogP contribution in [0.4, 0.5) is 23.0 Å². The van der Waals surface area contributed by atoms with Crippen LogP contribution in [0.25, 0.3) is 22.1 Å². The molecule has 16 nitrogen and oxygen atoms in total. The molecule has 0 aromatic carbocycles. The lowest BCUT2D eigenvalue weighted by Crippen LogP contribution is -2.14. The van der Waals surface area contributed by atoms with Crippen molar-refractivity contribution in [2.45, 2.75) is 25.9 Å². The summed E-state index contributed by atoms with van der Waals surface area (Å²) >= 11 is 6.87. The first-order valence-corrected chi connectivity index (χ1v) is 17.2. The maximum Gasteiger partial charge on any atom is 0.353 e. The Bertz CT molecular complexity index is 2390. The molecule has 0 amide bonds. The number of hydrogen-bond donors (Lipinski definition) is 5. The van der Waals surface area contributed by atoms with Crippen LogP contribution in [0.2, 0.25) is 0 Å². The summed E-state index contributed by atoms with van der Waals surface area (Å²) in [7, 11) is 3.99. The zero-order valence-electron chi connectivity index (χ0n) is 27.2. The number of carboxylic acids is 1. The number of nitrogens with one attached hydrogen (secondary N) is 4. The predicted molar refractivity (Wildman–Crippen MR) is 200 cm³/mol. The molecule has 18 heteroatoms. The normalized spacial score (nSPS) is 12.6. The molecule has 0 fully saturated rings. The molecule has 5 N–H and O–H groups in total. The largest absolute Gasteiger partial charge is 0.477 e. The standard InChI is InChI=1S/C19H20BrN7O.C14H9BrN6O2/c1-27(2)5-3-4-14(28)17-16(20)15-18(23-10-24-19(15)26-17)25-12-6-11-7-21-9-13(11)22-8-12;15-10-9-12(18-5-19-13(9)21-11(10)14(22)23)20-7-1-6-2-16-4-8(6)17-3-7/h6-8,10H,3-5,9H2,1-2H3,(H2,23,24,25,26);1-3,5H,4H2,(H,22,23)(H2,18,19,20,21). The molecule has 2 aliphatic rings. The lowest BCUT2D eigenvalue weighted by molar-refractivity contribution is 0.0690. The van der Waals surface area contributed by atoms with Gasteiger partial charge in [0.25, 0.3) is 0 Å². The van der Waals surface area contributed by atoms with Crippen LogP contribution in [0, 0.1) is 0 Å². The van der Waals surface area contributed by atoms with E-state index in [0.29, 0.717) is 62.5 Å². The summed E-state index contributed by atoms with van der Waals surface area (Å²) < 4.78 is 1.08. The van der Waals surface area contributed by atoms with Gasteiger partial charge in [0.1, 0.15) is 41.3 Å². The van der Waals surface area contributed by atoms with Crippen molar-refractivity contribution < 1.29 is 14.7 Å². The zero-order chi connectivity index (χ0) is 35.6. The minimum Gasteiger partial charge on any atom is -0.477 e. The summed E-state index contributed by atoms with van der Waals surface area (Å²) in [5.41, 5.74) is 6.99. The Balaban J connectivity index is 0.000000162. The van der Waals surface area contributed by atoms with Gasteiger partial charge in [-0.3, -0.25) is 24.7 Å². The van der Waals surface area contributed by atoms with E-state index < -0.39 is 5.97 Å². The molecule has 6 aromatic rings. The summed E-state index contributed by atoms with van der Waals surface area (Å²) in [6, 6.07) is 3.91. The number of Topliss-reactive ketones (excluding diaryl/α,β-unsaturated/α-hetero) is 1. The lowest BCUT2D eigenvalue weighted by Gasteiger charge is -2.08. The monoisotopic (exact) mass is 813 g/mol. The molecule has 0 bridgehead atoms. The first-order chi connectivity index (χ1) is 24.7. The van der Waals surface area contributed by atoms with Crippen molar-refractivity contribution in [3.63, 3.8) is 0 Å². The summed E-state index contributed by atoms with van der Waals surface area (Å²) in [5, 5.41) is 16.9. The Morgan fingerprint density at radius 1 is 0.784 bits per heavy atom. The van der Waals surface area contributed by atoms with Crippen LogP contribution in [0.1, 0.15) is 56.3 Å². The highest BCUT2D eigenvalue weighted by molar-refractivity contribution is 9.11. The second-order valence-electron chi connectivity index (χ2n) is 11.9. The summed E-state index contributed by atoms with van der Waals surface area (Å²) in [6.07, 6.45) is 11.1. The van der Waals surface area contributed by atoms with Gasteiger partial charge in [-0.25, -0.2) is 24.7 Å². The Morgan fingerprint density at radius 3 is 1.80 bits per heavy atom. The average molecular weight is 815 g/mol. The summed E-state index contributed by atoms with van der Waals surface area (Å²) in [6.45, 7) is 2.08. The number of halogens is 2. The molecule has 6 aromatic heterocycles. The van der Waals surface area contributed by atoms with Gasteiger partial charge in [0.05, 0.1) is 73.7 Å².